The Morgan fingerprint density at radius 3 is 2.62 bits per heavy atom. The van der Waals surface area contributed by atoms with Crippen LogP contribution in [-0.2, 0) is 0 Å². The Labute approximate surface area is 101 Å². The van der Waals surface area contributed by atoms with E-state index in [-0.39, 0.29) is 0 Å². The summed E-state index contributed by atoms with van der Waals surface area (Å²) in [5.74, 6) is 1.56. The summed E-state index contributed by atoms with van der Waals surface area (Å²) in [6.45, 7) is 4.29. The molecule has 0 saturated heterocycles. The molecule has 0 radical (unpaired) electrons. The third-order valence-electron chi connectivity index (χ3n) is 2.53. The molecule has 0 fully saturated rings. The molecule has 1 aliphatic carbocycles. The number of rotatable bonds is 3. The van der Waals surface area contributed by atoms with Crippen molar-refractivity contribution in [2.75, 3.05) is 0 Å². The highest BCUT2D eigenvalue weighted by Crippen LogP contribution is 2.27. The van der Waals surface area contributed by atoms with E-state index in [9.17, 15) is 0 Å². The molecule has 0 saturated carbocycles. The van der Waals surface area contributed by atoms with Gasteiger partial charge in [0.05, 0.1) is 12.0 Å². The van der Waals surface area contributed by atoms with E-state index in [0.29, 0.717) is 5.92 Å². The van der Waals surface area contributed by atoms with Crippen molar-refractivity contribution < 1.29 is 4.18 Å². The van der Waals surface area contributed by atoms with Gasteiger partial charge in [0.2, 0.25) is 0 Å². The van der Waals surface area contributed by atoms with Gasteiger partial charge in [-0.1, -0.05) is 36.8 Å². The molecule has 1 aromatic carbocycles. The molecule has 1 nitrogen and oxygen atoms in total. The molecule has 0 amide bonds. The van der Waals surface area contributed by atoms with E-state index >= 15 is 0 Å². The number of benzene rings is 1. The van der Waals surface area contributed by atoms with Gasteiger partial charge in [0.25, 0.3) is 0 Å². The van der Waals surface area contributed by atoms with Gasteiger partial charge in [-0.25, -0.2) is 0 Å². The molecule has 84 valence electrons. The molecule has 0 aromatic heterocycles. The predicted molar refractivity (Wildman–Crippen MR) is 70.4 cm³/mol. The number of aryl methyl sites for hydroxylation is 1. The summed E-state index contributed by atoms with van der Waals surface area (Å²) in [6.07, 6.45) is 7.69. The molecule has 16 heavy (non-hydrogen) atoms. The summed E-state index contributed by atoms with van der Waals surface area (Å²) in [5.41, 5.74) is 1.25. The number of hydrogen-bond acceptors (Lipinski definition) is 2. The van der Waals surface area contributed by atoms with Crippen molar-refractivity contribution in [3.63, 3.8) is 0 Å². The van der Waals surface area contributed by atoms with Crippen LogP contribution in [-0.4, -0.2) is 0 Å². The van der Waals surface area contributed by atoms with Crippen LogP contribution in [0, 0.1) is 12.8 Å². The molecule has 0 bridgehead atoms. The summed E-state index contributed by atoms with van der Waals surface area (Å²) in [5, 5.41) is 0. The van der Waals surface area contributed by atoms with Gasteiger partial charge in [0.1, 0.15) is 5.75 Å². The molecule has 1 aromatic rings. The van der Waals surface area contributed by atoms with Crippen molar-refractivity contribution in [3.8, 4) is 5.75 Å². The smallest absolute Gasteiger partial charge is 0.137 e. The van der Waals surface area contributed by atoms with Crippen LogP contribution in [0.15, 0.2) is 47.4 Å². The second-order valence-electron chi connectivity index (χ2n) is 4.16. The van der Waals surface area contributed by atoms with E-state index in [2.05, 4.69) is 44.2 Å². The van der Waals surface area contributed by atoms with Gasteiger partial charge in [0.15, 0.2) is 0 Å². The molecule has 0 aliphatic heterocycles. The van der Waals surface area contributed by atoms with Gasteiger partial charge in [-0.15, -0.1) is 0 Å². The average molecular weight is 232 g/mol. The lowest BCUT2D eigenvalue weighted by molar-refractivity contribution is 0.649. The topological polar surface area (TPSA) is 9.23 Å². The van der Waals surface area contributed by atoms with Crippen molar-refractivity contribution in [1.82, 2.24) is 0 Å². The van der Waals surface area contributed by atoms with Crippen LogP contribution in [0.1, 0.15) is 18.9 Å². The van der Waals surface area contributed by atoms with Crippen LogP contribution >= 0.6 is 12.0 Å². The molecular weight excluding hydrogens is 216 g/mol. The zero-order chi connectivity index (χ0) is 11.4. The molecule has 1 atom stereocenters. The van der Waals surface area contributed by atoms with Crippen LogP contribution < -0.4 is 4.18 Å². The summed E-state index contributed by atoms with van der Waals surface area (Å²) in [4.78, 5) is 1.19. The van der Waals surface area contributed by atoms with Gasteiger partial charge < -0.3 is 4.18 Å². The first-order valence-corrected chi connectivity index (χ1v) is 6.28. The van der Waals surface area contributed by atoms with E-state index in [4.69, 9.17) is 4.18 Å². The minimum absolute atomic E-state index is 0.656. The molecule has 0 N–H and O–H groups in total. The Bertz CT molecular complexity index is 403. The summed E-state index contributed by atoms with van der Waals surface area (Å²) in [7, 11) is 0. The Morgan fingerprint density at radius 2 is 2.00 bits per heavy atom. The van der Waals surface area contributed by atoms with E-state index in [0.717, 1.165) is 12.2 Å². The van der Waals surface area contributed by atoms with Crippen LogP contribution in [0.25, 0.3) is 0 Å². The monoisotopic (exact) mass is 232 g/mol. The van der Waals surface area contributed by atoms with Crippen LogP contribution in [0.4, 0.5) is 0 Å². The molecule has 1 unspecified atom stereocenters. The van der Waals surface area contributed by atoms with Gasteiger partial charge in [-0.05, 0) is 37.5 Å². The van der Waals surface area contributed by atoms with E-state index in [1.165, 1.54) is 22.5 Å². The third-order valence-corrected chi connectivity index (χ3v) is 3.31. The van der Waals surface area contributed by atoms with Gasteiger partial charge in [-0.3, -0.25) is 0 Å². The van der Waals surface area contributed by atoms with Crippen molar-refractivity contribution in [2.24, 2.45) is 5.92 Å². The summed E-state index contributed by atoms with van der Waals surface area (Å²) >= 11 is 1.43. The van der Waals surface area contributed by atoms with E-state index < -0.39 is 0 Å². The molecule has 2 rings (SSSR count). The van der Waals surface area contributed by atoms with E-state index in [1.807, 2.05) is 12.1 Å². The fourth-order valence-corrected chi connectivity index (χ4v) is 2.06. The average Bonchev–Trinajstić information content (AvgIpc) is 2.30. The highest BCUT2D eigenvalue weighted by Gasteiger charge is 2.05. The highest BCUT2D eigenvalue weighted by molar-refractivity contribution is 7.99. The maximum absolute atomic E-state index is 5.63. The SMILES string of the molecule is Cc1ccc(OSC2=CCC(C)C=C2)cc1. The first kappa shape index (κ1) is 11.3. The summed E-state index contributed by atoms with van der Waals surface area (Å²) in [6, 6.07) is 8.11. The highest BCUT2D eigenvalue weighted by atomic mass is 32.2. The summed E-state index contributed by atoms with van der Waals surface area (Å²) < 4.78 is 5.63. The minimum Gasteiger partial charge on any atom is -0.421 e. The molecule has 1 aliphatic rings. The second kappa shape index (κ2) is 5.26. The minimum atomic E-state index is 0.656. The molecular formula is C14H16OS. The van der Waals surface area contributed by atoms with Gasteiger partial charge >= 0.3 is 0 Å². The zero-order valence-electron chi connectivity index (χ0n) is 9.64. The Hall–Kier alpha value is -1.15. The van der Waals surface area contributed by atoms with Crippen LogP contribution in [0.3, 0.4) is 0 Å². The van der Waals surface area contributed by atoms with Crippen molar-refractivity contribution in [3.05, 3.63) is 53.0 Å². The first-order valence-electron chi connectivity index (χ1n) is 5.53. The number of allylic oxidation sites excluding steroid dienone is 3. The molecule has 0 spiro atoms. The Balaban J connectivity index is 1.88. The maximum Gasteiger partial charge on any atom is 0.137 e. The second-order valence-corrected chi connectivity index (χ2v) is 4.96. The first-order chi connectivity index (χ1) is 7.74. The lowest BCUT2D eigenvalue weighted by atomic mass is 10.0. The maximum atomic E-state index is 5.63. The van der Waals surface area contributed by atoms with E-state index in [1.54, 1.807) is 0 Å². The van der Waals surface area contributed by atoms with Gasteiger partial charge in [0, 0.05) is 4.91 Å². The predicted octanol–water partition coefficient (Wildman–Crippen LogP) is 4.50. The third kappa shape index (κ3) is 3.17. The number of hydrogen-bond donors (Lipinski definition) is 0. The van der Waals surface area contributed by atoms with Gasteiger partial charge in [-0.2, -0.15) is 0 Å². The molecule has 0 heterocycles. The Morgan fingerprint density at radius 1 is 1.25 bits per heavy atom. The fourth-order valence-electron chi connectivity index (χ4n) is 1.46. The largest absolute Gasteiger partial charge is 0.421 e. The zero-order valence-corrected chi connectivity index (χ0v) is 10.5. The Kier molecular flexibility index (Phi) is 3.73. The standard InChI is InChI=1S/C14H16OS/c1-11-3-7-13(8-4-11)15-16-14-9-5-12(2)6-10-14/h3-5,7-10,12H,6H2,1-2H3. The van der Waals surface area contributed by atoms with Crippen LogP contribution in [0.2, 0.25) is 0 Å². The molecule has 2 heteroatoms. The fraction of sp³-hybridized carbons (Fsp3) is 0.286. The van der Waals surface area contributed by atoms with Crippen molar-refractivity contribution in [1.29, 1.82) is 0 Å². The lowest BCUT2D eigenvalue weighted by Gasteiger charge is -2.11. The van der Waals surface area contributed by atoms with Crippen LogP contribution in [0.5, 0.6) is 5.75 Å². The quantitative estimate of drug-likeness (QED) is 0.709. The normalized spacial score (nSPS) is 19.4. The van der Waals surface area contributed by atoms with Crippen molar-refractivity contribution >= 4 is 12.0 Å². The van der Waals surface area contributed by atoms with Crippen molar-refractivity contribution in [2.45, 2.75) is 20.3 Å². The lowest BCUT2D eigenvalue weighted by Crippen LogP contribution is -1.93.